The summed E-state index contributed by atoms with van der Waals surface area (Å²) in [6, 6.07) is 11.3. The van der Waals surface area contributed by atoms with Gasteiger partial charge in [-0.3, -0.25) is 4.31 Å². The molecule has 112 valence electrons. The Kier molecular flexibility index (Phi) is 4.81. The molecule has 0 aliphatic heterocycles. The van der Waals surface area contributed by atoms with E-state index in [1.807, 2.05) is 0 Å². The molecule has 0 aromatic heterocycles. The minimum Gasteiger partial charge on any atom is -0.399 e. The lowest BCUT2D eigenvalue weighted by Crippen LogP contribution is -2.30. The highest BCUT2D eigenvalue weighted by atomic mass is 79.9. The SMILES string of the molecule is CCN(c1cccc(N)c1)S(=O)(=O)c1ccc(Cl)c(Br)c1. The summed E-state index contributed by atoms with van der Waals surface area (Å²) in [6.07, 6.45) is 0. The molecule has 0 saturated carbocycles. The van der Waals surface area contributed by atoms with Crippen LogP contribution in [0.15, 0.2) is 51.8 Å². The van der Waals surface area contributed by atoms with E-state index in [-0.39, 0.29) is 4.90 Å². The Bertz CT molecular complexity index is 765. The number of rotatable bonds is 4. The van der Waals surface area contributed by atoms with Crippen molar-refractivity contribution in [2.24, 2.45) is 0 Å². The monoisotopic (exact) mass is 388 g/mol. The van der Waals surface area contributed by atoms with Crippen LogP contribution in [-0.4, -0.2) is 15.0 Å². The molecular formula is C14H14BrClN2O2S. The van der Waals surface area contributed by atoms with Gasteiger partial charge in [0.05, 0.1) is 15.6 Å². The van der Waals surface area contributed by atoms with Crippen LogP contribution in [0.3, 0.4) is 0 Å². The fourth-order valence-corrected chi connectivity index (χ4v) is 4.08. The third-order valence-corrected chi connectivity index (χ3v) is 6.04. The molecule has 0 radical (unpaired) electrons. The number of hydrogen-bond donors (Lipinski definition) is 1. The third-order valence-electron chi connectivity index (χ3n) is 2.92. The summed E-state index contributed by atoms with van der Waals surface area (Å²) in [4.78, 5) is 0.169. The molecule has 0 fully saturated rings. The summed E-state index contributed by atoms with van der Waals surface area (Å²) in [6.45, 7) is 2.07. The zero-order chi connectivity index (χ0) is 15.6. The molecular weight excluding hydrogens is 376 g/mol. The van der Waals surface area contributed by atoms with Crippen molar-refractivity contribution in [3.05, 3.63) is 52.0 Å². The van der Waals surface area contributed by atoms with Crippen LogP contribution in [0.25, 0.3) is 0 Å². The Labute approximate surface area is 137 Å². The highest BCUT2D eigenvalue weighted by molar-refractivity contribution is 9.10. The van der Waals surface area contributed by atoms with Gasteiger partial charge in [-0.25, -0.2) is 8.42 Å². The molecule has 0 spiro atoms. The van der Waals surface area contributed by atoms with Gasteiger partial charge in [0.15, 0.2) is 0 Å². The second-order valence-corrected chi connectivity index (χ2v) is 7.46. The van der Waals surface area contributed by atoms with E-state index >= 15 is 0 Å². The van der Waals surface area contributed by atoms with Crippen molar-refractivity contribution in [3.8, 4) is 0 Å². The van der Waals surface area contributed by atoms with Crippen LogP contribution in [0.1, 0.15) is 6.92 Å². The molecule has 2 aromatic carbocycles. The first-order valence-electron chi connectivity index (χ1n) is 6.19. The summed E-state index contributed by atoms with van der Waals surface area (Å²) in [5, 5.41) is 0.459. The number of halogens is 2. The second kappa shape index (κ2) is 6.25. The van der Waals surface area contributed by atoms with Gasteiger partial charge in [-0.1, -0.05) is 17.7 Å². The first kappa shape index (κ1) is 16.1. The topological polar surface area (TPSA) is 63.4 Å². The van der Waals surface area contributed by atoms with Crippen molar-refractivity contribution in [3.63, 3.8) is 0 Å². The summed E-state index contributed by atoms with van der Waals surface area (Å²) in [7, 11) is -3.67. The molecule has 4 nitrogen and oxygen atoms in total. The average molecular weight is 390 g/mol. The quantitative estimate of drug-likeness (QED) is 0.807. The number of nitrogen functional groups attached to an aromatic ring is 1. The number of sulfonamides is 1. The molecule has 0 aliphatic rings. The highest BCUT2D eigenvalue weighted by Gasteiger charge is 2.24. The molecule has 0 heterocycles. The van der Waals surface area contributed by atoms with E-state index in [1.165, 1.54) is 16.4 Å². The van der Waals surface area contributed by atoms with Gasteiger partial charge in [-0.05, 0) is 59.3 Å². The maximum atomic E-state index is 12.8. The molecule has 0 amide bonds. The Hall–Kier alpha value is -1.24. The lowest BCUT2D eigenvalue weighted by molar-refractivity contribution is 0.592. The minimum absolute atomic E-state index is 0.169. The van der Waals surface area contributed by atoms with Gasteiger partial charge >= 0.3 is 0 Å². The van der Waals surface area contributed by atoms with Crippen LogP contribution >= 0.6 is 27.5 Å². The summed E-state index contributed by atoms with van der Waals surface area (Å²) < 4.78 is 27.4. The molecule has 21 heavy (non-hydrogen) atoms. The van der Waals surface area contributed by atoms with Crippen molar-refractivity contribution >= 4 is 48.9 Å². The van der Waals surface area contributed by atoms with E-state index in [1.54, 1.807) is 37.3 Å². The van der Waals surface area contributed by atoms with Crippen LogP contribution in [0, 0.1) is 0 Å². The minimum atomic E-state index is -3.67. The number of anilines is 2. The fraction of sp³-hybridized carbons (Fsp3) is 0.143. The van der Waals surface area contributed by atoms with Crippen molar-refractivity contribution < 1.29 is 8.42 Å². The van der Waals surface area contributed by atoms with E-state index in [0.29, 0.717) is 27.4 Å². The standard InChI is InChI=1S/C14H14BrClN2O2S/c1-2-18(11-5-3-4-10(17)8-11)21(19,20)12-6-7-14(16)13(15)9-12/h3-9H,2,17H2,1H3. The number of nitrogens with zero attached hydrogens (tertiary/aromatic N) is 1. The number of nitrogens with two attached hydrogens (primary N) is 1. The van der Waals surface area contributed by atoms with Crippen LogP contribution < -0.4 is 10.0 Å². The Balaban J connectivity index is 2.51. The lowest BCUT2D eigenvalue weighted by atomic mass is 10.3. The van der Waals surface area contributed by atoms with E-state index in [0.717, 1.165) is 0 Å². The Morgan fingerprint density at radius 3 is 2.52 bits per heavy atom. The maximum absolute atomic E-state index is 12.8. The Morgan fingerprint density at radius 1 is 1.24 bits per heavy atom. The number of benzene rings is 2. The molecule has 0 bridgehead atoms. The van der Waals surface area contributed by atoms with Crippen molar-refractivity contribution in [2.45, 2.75) is 11.8 Å². The second-order valence-electron chi connectivity index (χ2n) is 4.34. The van der Waals surface area contributed by atoms with Crippen molar-refractivity contribution in [1.82, 2.24) is 0 Å². The van der Waals surface area contributed by atoms with E-state index in [9.17, 15) is 8.42 Å². The fourth-order valence-electron chi connectivity index (χ4n) is 1.94. The first-order valence-corrected chi connectivity index (χ1v) is 8.80. The Morgan fingerprint density at radius 2 is 1.95 bits per heavy atom. The van der Waals surface area contributed by atoms with Gasteiger partial charge in [-0.2, -0.15) is 0 Å². The number of hydrogen-bond acceptors (Lipinski definition) is 3. The highest BCUT2D eigenvalue weighted by Crippen LogP contribution is 2.29. The predicted molar refractivity (Wildman–Crippen MR) is 90.2 cm³/mol. The van der Waals surface area contributed by atoms with Crippen molar-refractivity contribution in [2.75, 3.05) is 16.6 Å². The largest absolute Gasteiger partial charge is 0.399 e. The normalized spacial score (nSPS) is 11.4. The van der Waals surface area contributed by atoms with Crippen LogP contribution in [0.5, 0.6) is 0 Å². The van der Waals surface area contributed by atoms with Crippen LogP contribution in [0.2, 0.25) is 5.02 Å². The molecule has 0 atom stereocenters. The van der Waals surface area contributed by atoms with E-state index in [2.05, 4.69) is 15.9 Å². The smallest absolute Gasteiger partial charge is 0.264 e. The third kappa shape index (κ3) is 3.33. The first-order chi connectivity index (χ1) is 9.86. The molecule has 0 saturated heterocycles. The van der Waals surface area contributed by atoms with Crippen molar-refractivity contribution in [1.29, 1.82) is 0 Å². The molecule has 2 aromatic rings. The van der Waals surface area contributed by atoms with Gasteiger partial charge in [-0.15, -0.1) is 0 Å². The predicted octanol–water partition coefficient (Wildman–Crippen LogP) is 3.90. The molecule has 0 unspecified atom stereocenters. The maximum Gasteiger partial charge on any atom is 0.264 e. The van der Waals surface area contributed by atoms with E-state index < -0.39 is 10.0 Å². The average Bonchev–Trinajstić information content (AvgIpc) is 2.42. The van der Waals surface area contributed by atoms with Gasteiger partial charge < -0.3 is 5.73 Å². The summed E-state index contributed by atoms with van der Waals surface area (Å²) in [5.74, 6) is 0. The molecule has 0 aliphatic carbocycles. The molecule has 2 N–H and O–H groups in total. The summed E-state index contributed by atoms with van der Waals surface area (Å²) in [5.41, 5.74) is 6.77. The van der Waals surface area contributed by atoms with E-state index in [4.69, 9.17) is 17.3 Å². The zero-order valence-corrected chi connectivity index (χ0v) is 14.4. The molecule has 7 heteroatoms. The van der Waals surface area contributed by atoms with Gasteiger partial charge in [0.2, 0.25) is 0 Å². The molecule has 2 rings (SSSR count). The van der Waals surface area contributed by atoms with Gasteiger partial charge in [0, 0.05) is 16.7 Å². The van der Waals surface area contributed by atoms with Gasteiger partial charge in [0.25, 0.3) is 10.0 Å². The summed E-state index contributed by atoms with van der Waals surface area (Å²) >= 11 is 9.15. The van der Waals surface area contributed by atoms with Crippen LogP contribution in [-0.2, 0) is 10.0 Å². The van der Waals surface area contributed by atoms with Crippen LogP contribution in [0.4, 0.5) is 11.4 Å². The lowest BCUT2D eigenvalue weighted by Gasteiger charge is -2.23. The van der Waals surface area contributed by atoms with Gasteiger partial charge in [0.1, 0.15) is 0 Å². The zero-order valence-electron chi connectivity index (χ0n) is 11.3.